The number of benzene rings is 1. The van der Waals surface area contributed by atoms with Crippen molar-refractivity contribution in [2.24, 2.45) is 10.1 Å². The molecule has 0 radical (unpaired) electrons. The van der Waals surface area contributed by atoms with Crippen molar-refractivity contribution in [2.75, 3.05) is 34.9 Å². The van der Waals surface area contributed by atoms with Crippen molar-refractivity contribution in [2.45, 2.75) is 13.0 Å². The van der Waals surface area contributed by atoms with E-state index in [1.165, 1.54) is 9.80 Å². The van der Waals surface area contributed by atoms with Gasteiger partial charge in [-0.15, -0.1) is 5.10 Å². The first-order chi connectivity index (χ1) is 13.4. The number of rotatable bonds is 5. The van der Waals surface area contributed by atoms with Crippen molar-refractivity contribution in [3.63, 3.8) is 0 Å². The molecule has 2 aliphatic rings. The number of fused-ring (bicyclic) bond motifs is 1. The highest BCUT2D eigenvalue weighted by atomic mass is 16.5. The Balaban J connectivity index is 1.80. The van der Waals surface area contributed by atoms with Gasteiger partial charge in [-0.05, 0) is 30.7 Å². The van der Waals surface area contributed by atoms with Crippen LogP contribution in [0.2, 0.25) is 0 Å². The van der Waals surface area contributed by atoms with Crippen LogP contribution in [0.4, 0.5) is 4.79 Å². The van der Waals surface area contributed by atoms with E-state index >= 15 is 0 Å². The Morgan fingerprint density at radius 2 is 2.00 bits per heavy atom. The molecular weight excluding hydrogens is 364 g/mol. The summed E-state index contributed by atoms with van der Waals surface area (Å²) < 4.78 is 12.1. The van der Waals surface area contributed by atoms with Crippen LogP contribution >= 0.6 is 0 Å². The van der Waals surface area contributed by atoms with Gasteiger partial charge in [0.25, 0.3) is 5.91 Å². The third kappa shape index (κ3) is 3.17. The molecule has 0 aliphatic carbocycles. The summed E-state index contributed by atoms with van der Waals surface area (Å²) in [5, 5.41) is 4.19. The second kappa shape index (κ2) is 7.67. The molecule has 1 N–H and O–H groups in total. The molecule has 0 bridgehead atoms. The molecule has 2 heterocycles. The second-order valence-electron chi connectivity index (χ2n) is 6.22. The normalized spacial score (nSPS) is 19.3. The number of likely N-dealkylation sites (N-methyl/N-ethyl adjacent to an activating group) is 3. The number of aliphatic imine (C=N–C) groups is 1. The van der Waals surface area contributed by atoms with E-state index in [1.54, 1.807) is 58.2 Å². The topological polar surface area (TPSA) is 98.8 Å². The lowest BCUT2D eigenvalue weighted by Gasteiger charge is -2.32. The quantitative estimate of drug-likeness (QED) is 0.446. The molecular formula is C18H23N6O4+. The molecule has 28 heavy (non-hydrogen) atoms. The number of nitrogens with one attached hydrogen (secondary N) is 1. The number of carbonyl (C=O) groups excluding carboxylic acids is 2. The molecule has 2 aliphatic heterocycles. The monoisotopic (exact) mass is 387 g/mol. The molecule has 0 aromatic heterocycles. The van der Waals surface area contributed by atoms with Gasteiger partial charge in [-0.2, -0.15) is 5.43 Å². The summed E-state index contributed by atoms with van der Waals surface area (Å²) in [7, 11) is 6.46. The molecule has 0 saturated carbocycles. The zero-order chi connectivity index (χ0) is 20.4. The van der Waals surface area contributed by atoms with Crippen molar-refractivity contribution < 1.29 is 23.6 Å². The van der Waals surface area contributed by atoms with E-state index in [0.29, 0.717) is 29.8 Å². The molecule has 3 amide bonds. The molecule has 3 rings (SSSR count). The van der Waals surface area contributed by atoms with Crippen molar-refractivity contribution in [1.82, 2.24) is 15.2 Å². The van der Waals surface area contributed by atoms with E-state index < -0.39 is 6.04 Å². The van der Waals surface area contributed by atoms with Crippen LogP contribution in [-0.4, -0.2) is 85.2 Å². The average molecular weight is 387 g/mol. The smallest absolute Gasteiger partial charge is 0.413 e. The van der Waals surface area contributed by atoms with Gasteiger partial charge < -0.3 is 9.47 Å². The Labute approximate surface area is 162 Å². The van der Waals surface area contributed by atoms with Gasteiger partial charge in [-0.1, -0.05) is 4.99 Å². The number of amidine groups is 1. The van der Waals surface area contributed by atoms with E-state index in [4.69, 9.17) is 9.47 Å². The SMILES string of the molecule is CCN1C(=O)C2C(=NC(N/N=C/c3ccc(OC)c(OC)c3)=[N+]2C)N(C)C1=O. The highest BCUT2D eigenvalue weighted by Gasteiger charge is 2.51. The fraction of sp³-hybridized carbons (Fsp3) is 0.389. The fourth-order valence-corrected chi connectivity index (χ4v) is 3.09. The lowest BCUT2D eigenvalue weighted by atomic mass is 10.1. The van der Waals surface area contributed by atoms with Gasteiger partial charge in [0.15, 0.2) is 11.5 Å². The molecule has 1 fully saturated rings. The van der Waals surface area contributed by atoms with E-state index in [-0.39, 0.29) is 11.9 Å². The molecule has 1 aromatic rings. The van der Waals surface area contributed by atoms with Crippen molar-refractivity contribution >= 4 is 29.9 Å². The number of hydrazone groups is 1. The Hall–Kier alpha value is -3.43. The van der Waals surface area contributed by atoms with Crippen LogP contribution in [-0.2, 0) is 4.79 Å². The number of hydrogen-bond donors (Lipinski definition) is 1. The molecule has 10 nitrogen and oxygen atoms in total. The summed E-state index contributed by atoms with van der Waals surface area (Å²) in [5.74, 6) is 1.68. The molecule has 0 spiro atoms. The van der Waals surface area contributed by atoms with E-state index in [1.807, 2.05) is 6.07 Å². The van der Waals surface area contributed by atoms with Crippen molar-refractivity contribution in [3.8, 4) is 11.5 Å². The van der Waals surface area contributed by atoms with Gasteiger partial charge in [0.2, 0.25) is 11.9 Å². The molecule has 1 unspecified atom stereocenters. The maximum absolute atomic E-state index is 12.6. The maximum Gasteiger partial charge on any atom is 0.413 e. The number of nitrogens with zero attached hydrogens (tertiary/aromatic N) is 5. The van der Waals surface area contributed by atoms with Crippen LogP contribution in [0.25, 0.3) is 0 Å². The van der Waals surface area contributed by atoms with Gasteiger partial charge in [0, 0.05) is 13.6 Å². The van der Waals surface area contributed by atoms with E-state index in [9.17, 15) is 9.59 Å². The largest absolute Gasteiger partial charge is 0.493 e. The third-order valence-corrected chi connectivity index (χ3v) is 4.65. The van der Waals surface area contributed by atoms with Crippen LogP contribution in [0.15, 0.2) is 28.3 Å². The highest BCUT2D eigenvalue weighted by Crippen LogP contribution is 2.26. The van der Waals surface area contributed by atoms with Crippen LogP contribution in [0, 0.1) is 0 Å². The van der Waals surface area contributed by atoms with E-state index in [2.05, 4.69) is 15.5 Å². The number of urea groups is 1. The molecule has 1 aromatic carbocycles. The predicted molar refractivity (Wildman–Crippen MR) is 103 cm³/mol. The summed E-state index contributed by atoms with van der Waals surface area (Å²) in [6.45, 7) is 2.07. The van der Waals surface area contributed by atoms with Gasteiger partial charge in [0.1, 0.15) is 0 Å². The van der Waals surface area contributed by atoms with Crippen molar-refractivity contribution in [1.29, 1.82) is 0 Å². The summed E-state index contributed by atoms with van der Waals surface area (Å²) in [5.41, 5.74) is 3.62. The number of amides is 3. The highest BCUT2D eigenvalue weighted by molar-refractivity contribution is 6.22. The number of imide groups is 1. The van der Waals surface area contributed by atoms with E-state index in [0.717, 1.165) is 5.56 Å². The van der Waals surface area contributed by atoms with Gasteiger partial charge in [0.05, 0.1) is 27.5 Å². The Morgan fingerprint density at radius 1 is 1.29 bits per heavy atom. The molecule has 1 atom stereocenters. The third-order valence-electron chi connectivity index (χ3n) is 4.65. The summed E-state index contributed by atoms with van der Waals surface area (Å²) in [4.78, 5) is 31.9. The standard InChI is InChI=1S/C18H22N6O4/c1-6-24-16(25)14-15(23(3)18(24)26)20-17(22(14)2)21-19-10-11-7-8-12(27-4)13(9-11)28-5/h7-10,14H,6H2,1-5H3/p+1/b19-10+. The minimum absolute atomic E-state index is 0.299. The lowest BCUT2D eigenvalue weighted by Crippen LogP contribution is -2.62. The first kappa shape index (κ1) is 19.3. The Bertz CT molecular complexity index is 907. The minimum Gasteiger partial charge on any atom is -0.493 e. The summed E-state index contributed by atoms with van der Waals surface area (Å²) >= 11 is 0. The lowest BCUT2D eigenvalue weighted by molar-refractivity contribution is -0.507. The number of carbonyl (C=O) groups is 2. The molecule has 10 heteroatoms. The number of methoxy groups -OCH3 is 2. The molecule has 1 saturated heterocycles. The summed E-state index contributed by atoms with van der Waals surface area (Å²) in [6, 6.07) is 4.36. The number of ether oxygens (including phenoxy) is 2. The van der Waals surface area contributed by atoms with Crippen LogP contribution in [0.5, 0.6) is 11.5 Å². The summed E-state index contributed by atoms with van der Waals surface area (Å²) in [6.07, 6.45) is 1.60. The van der Waals surface area contributed by atoms with Crippen LogP contribution in [0.1, 0.15) is 12.5 Å². The van der Waals surface area contributed by atoms with Crippen molar-refractivity contribution in [3.05, 3.63) is 23.8 Å². The maximum atomic E-state index is 12.6. The first-order valence-corrected chi connectivity index (χ1v) is 8.71. The number of guanidine groups is 1. The number of hydrogen-bond acceptors (Lipinski definition) is 7. The van der Waals surface area contributed by atoms with Gasteiger partial charge in [-0.3, -0.25) is 14.6 Å². The predicted octanol–water partition coefficient (Wildman–Crippen LogP) is 0.320. The zero-order valence-electron chi connectivity index (χ0n) is 16.5. The van der Waals surface area contributed by atoms with Crippen LogP contribution in [0.3, 0.4) is 0 Å². The Morgan fingerprint density at radius 3 is 2.64 bits per heavy atom. The van der Waals surface area contributed by atoms with Gasteiger partial charge in [-0.25, -0.2) is 9.37 Å². The zero-order valence-corrected chi connectivity index (χ0v) is 16.5. The second-order valence-corrected chi connectivity index (χ2v) is 6.22. The van der Waals surface area contributed by atoms with Gasteiger partial charge >= 0.3 is 12.0 Å². The van der Waals surface area contributed by atoms with Crippen LogP contribution < -0.4 is 14.9 Å². The Kier molecular flexibility index (Phi) is 5.30. The average Bonchev–Trinajstić information content (AvgIpc) is 3.03. The minimum atomic E-state index is -0.651. The first-order valence-electron chi connectivity index (χ1n) is 8.71. The molecule has 148 valence electrons. The fourth-order valence-electron chi connectivity index (χ4n) is 3.09.